The van der Waals surface area contributed by atoms with Crippen LogP contribution >= 0.6 is 0 Å². The topological polar surface area (TPSA) is 56.2 Å². The van der Waals surface area contributed by atoms with Gasteiger partial charge in [-0.15, -0.1) is 0 Å². The van der Waals surface area contributed by atoms with Gasteiger partial charge in [-0.2, -0.15) is 5.10 Å². The molecule has 1 N–H and O–H groups in total. The van der Waals surface area contributed by atoms with Gasteiger partial charge >= 0.3 is 0 Å². The summed E-state index contributed by atoms with van der Waals surface area (Å²) in [6.07, 6.45) is 3.78. The monoisotopic (exact) mass is 319 g/mol. The molecule has 3 aromatic rings. The zero-order valence-corrected chi connectivity index (χ0v) is 13.1. The van der Waals surface area contributed by atoms with Crippen LogP contribution in [0.3, 0.4) is 0 Å². The van der Waals surface area contributed by atoms with E-state index in [4.69, 9.17) is 4.74 Å². The molecule has 1 aromatic heterocycles. The molecule has 0 fully saturated rings. The molecule has 1 atom stereocenters. The fourth-order valence-electron chi connectivity index (χ4n) is 2.92. The Morgan fingerprint density at radius 3 is 2.83 bits per heavy atom. The summed E-state index contributed by atoms with van der Waals surface area (Å²) in [6, 6.07) is 17.5. The van der Waals surface area contributed by atoms with Crippen LogP contribution in [-0.4, -0.2) is 21.8 Å². The van der Waals surface area contributed by atoms with Gasteiger partial charge in [-0.3, -0.25) is 4.79 Å². The fraction of sp³-hybridized carbons (Fsp3) is 0.158. The quantitative estimate of drug-likeness (QED) is 0.804. The van der Waals surface area contributed by atoms with Crippen LogP contribution in [0.25, 0.3) is 5.69 Å². The van der Waals surface area contributed by atoms with E-state index in [0.717, 1.165) is 22.6 Å². The van der Waals surface area contributed by atoms with Crippen molar-refractivity contribution in [3.05, 3.63) is 78.1 Å². The molecule has 0 aliphatic carbocycles. The standard InChI is InChI=1S/C19H17N3O2/c23-19(18-12-14-6-2-4-9-17(14)24-18)20-13-15-7-1-3-8-16(15)22-11-5-10-21-22/h1-11,18H,12-13H2,(H,20,23)/t18-/m1/s1. The van der Waals surface area contributed by atoms with E-state index in [1.54, 1.807) is 10.9 Å². The highest BCUT2D eigenvalue weighted by Crippen LogP contribution is 2.28. The van der Waals surface area contributed by atoms with Crippen molar-refractivity contribution in [2.45, 2.75) is 19.1 Å². The van der Waals surface area contributed by atoms with Crippen molar-refractivity contribution in [2.24, 2.45) is 0 Å². The molecule has 4 rings (SSSR count). The molecule has 0 radical (unpaired) electrons. The maximum absolute atomic E-state index is 12.4. The van der Waals surface area contributed by atoms with E-state index in [2.05, 4.69) is 10.4 Å². The third kappa shape index (κ3) is 2.76. The van der Waals surface area contributed by atoms with E-state index >= 15 is 0 Å². The number of carbonyl (C=O) groups excluding carboxylic acids is 1. The maximum atomic E-state index is 12.4. The summed E-state index contributed by atoms with van der Waals surface area (Å²) in [5.41, 5.74) is 3.04. The van der Waals surface area contributed by atoms with Gasteiger partial charge in [0.1, 0.15) is 5.75 Å². The highest BCUT2D eigenvalue weighted by Gasteiger charge is 2.28. The van der Waals surface area contributed by atoms with Crippen molar-refractivity contribution in [1.82, 2.24) is 15.1 Å². The van der Waals surface area contributed by atoms with Crippen molar-refractivity contribution in [2.75, 3.05) is 0 Å². The molecule has 0 unspecified atom stereocenters. The molecular formula is C19H17N3O2. The number of nitrogens with one attached hydrogen (secondary N) is 1. The van der Waals surface area contributed by atoms with Crippen LogP contribution < -0.4 is 10.1 Å². The Morgan fingerprint density at radius 2 is 2.00 bits per heavy atom. The number of fused-ring (bicyclic) bond motifs is 1. The summed E-state index contributed by atoms with van der Waals surface area (Å²) in [5, 5.41) is 7.23. The van der Waals surface area contributed by atoms with Gasteiger partial charge in [0.05, 0.1) is 5.69 Å². The van der Waals surface area contributed by atoms with Crippen molar-refractivity contribution in [1.29, 1.82) is 0 Å². The molecule has 0 saturated heterocycles. The number of ether oxygens (including phenoxy) is 1. The minimum atomic E-state index is -0.459. The zero-order valence-electron chi connectivity index (χ0n) is 13.1. The lowest BCUT2D eigenvalue weighted by Crippen LogP contribution is -2.37. The van der Waals surface area contributed by atoms with Gasteiger partial charge < -0.3 is 10.1 Å². The summed E-state index contributed by atoms with van der Waals surface area (Å²) in [4.78, 5) is 12.4. The second-order valence-electron chi connectivity index (χ2n) is 5.72. The highest BCUT2D eigenvalue weighted by molar-refractivity contribution is 5.82. The van der Waals surface area contributed by atoms with Crippen LogP contribution in [0.15, 0.2) is 67.0 Å². The van der Waals surface area contributed by atoms with E-state index in [9.17, 15) is 4.79 Å². The number of hydrogen-bond acceptors (Lipinski definition) is 3. The Labute approximate surface area is 139 Å². The number of carbonyl (C=O) groups is 1. The maximum Gasteiger partial charge on any atom is 0.261 e. The number of amides is 1. The lowest BCUT2D eigenvalue weighted by molar-refractivity contribution is -0.127. The predicted octanol–water partition coefficient (Wildman–Crippen LogP) is 2.49. The van der Waals surface area contributed by atoms with E-state index in [0.29, 0.717) is 13.0 Å². The van der Waals surface area contributed by atoms with Gasteiger partial charge in [-0.1, -0.05) is 36.4 Å². The number of rotatable bonds is 4. The molecule has 5 nitrogen and oxygen atoms in total. The average Bonchev–Trinajstić information content (AvgIpc) is 3.29. The predicted molar refractivity (Wildman–Crippen MR) is 90.0 cm³/mol. The minimum Gasteiger partial charge on any atom is -0.480 e. The Bertz CT molecular complexity index is 834. The number of aromatic nitrogens is 2. The zero-order chi connectivity index (χ0) is 16.4. The Kier molecular flexibility index (Phi) is 3.75. The van der Waals surface area contributed by atoms with Gasteiger partial charge in [0.25, 0.3) is 5.91 Å². The molecule has 1 aliphatic heterocycles. The van der Waals surface area contributed by atoms with Crippen LogP contribution in [0.5, 0.6) is 5.75 Å². The molecule has 120 valence electrons. The van der Waals surface area contributed by atoms with E-state index < -0.39 is 6.10 Å². The van der Waals surface area contributed by atoms with Crippen LogP contribution in [0.1, 0.15) is 11.1 Å². The molecule has 5 heteroatoms. The van der Waals surface area contributed by atoms with Crippen LogP contribution in [-0.2, 0) is 17.8 Å². The van der Waals surface area contributed by atoms with E-state index in [-0.39, 0.29) is 5.91 Å². The van der Waals surface area contributed by atoms with Crippen LogP contribution in [0.2, 0.25) is 0 Å². The second-order valence-corrected chi connectivity index (χ2v) is 5.72. The molecule has 0 bridgehead atoms. The van der Waals surface area contributed by atoms with Crippen molar-refractivity contribution in [3.63, 3.8) is 0 Å². The van der Waals surface area contributed by atoms with Crippen molar-refractivity contribution in [3.8, 4) is 11.4 Å². The van der Waals surface area contributed by atoms with Crippen LogP contribution in [0, 0.1) is 0 Å². The average molecular weight is 319 g/mol. The third-order valence-electron chi connectivity index (χ3n) is 4.14. The molecule has 0 saturated carbocycles. The summed E-state index contributed by atoms with van der Waals surface area (Å²) < 4.78 is 7.53. The van der Waals surface area contributed by atoms with E-state index in [1.165, 1.54) is 0 Å². The second kappa shape index (κ2) is 6.20. The van der Waals surface area contributed by atoms with Gasteiger partial charge in [0, 0.05) is 25.4 Å². The molecule has 2 heterocycles. The normalized spacial score (nSPS) is 15.6. The summed E-state index contributed by atoms with van der Waals surface area (Å²) in [5.74, 6) is 0.705. The smallest absolute Gasteiger partial charge is 0.261 e. The van der Waals surface area contributed by atoms with Crippen LogP contribution in [0.4, 0.5) is 0 Å². The van der Waals surface area contributed by atoms with Gasteiger partial charge in [0.2, 0.25) is 0 Å². The first-order valence-corrected chi connectivity index (χ1v) is 7.91. The number of para-hydroxylation sites is 2. The molecular weight excluding hydrogens is 302 g/mol. The summed E-state index contributed by atoms with van der Waals surface area (Å²) in [6.45, 7) is 0.436. The van der Waals surface area contributed by atoms with Gasteiger partial charge in [-0.25, -0.2) is 4.68 Å². The Morgan fingerprint density at radius 1 is 1.17 bits per heavy atom. The number of benzene rings is 2. The molecule has 1 aliphatic rings. The van der Waals surface area contributed by atoms with E-state index in [1.807, 2.05) is 60.8 Å². The van der Waals surface area contributed by atoms with Gasteiger partial charge in [-0.05, 0) is 29.3 Å². The first-order valence-electron chi connectivity index (χ1n) is 7.91. The summed E-state index contributed by atoms with van der Waals surface area (Å²) in [7, 11) is 0. The molecule has 2 aromatic carbocycles. The number of nitrogens with zero attached hydrogens (tertiary/aromatic N) is 2. The molecule has 0 spiro atoms. The molecule has 1 amide bonds. The van der Waals surface area contributed by atoms with Gasteiger partial charge in [0.15, 0.2) is 6.10 Å². The largest absolute Gasteiger partial charge is 0.480 e. The first kappa shape index (κ1) is 14.5. The summed E-state index contributed by atoms with van der Waals surface area (Å²) >= 11 is 0. The minimum absolute atomic E-state index is 0.0959. The third-order valence-corrected chi connectivity index (χ3v) is 4.14. The lowest BCUT2D eigenvalue weighted by atomic mass is 10.1. The van der Waals surface area contributed by atoms with Crippen molar-refractivity contribution < 1.29 is 9.53 Å². The SMILES string of the molecule is O=C(NCc1ccccc1-n1cccn1)[C@H]1Cc2ccccc2O1. The Hall–Kier alpha value is -3.08. The lowest BCUT2D eigenvalue weighted by Gasteiger charge is -2.13. The number of hydrogen-bond donors (Lipinski definition) is 1. The molecule has 24 heavy (non-hydrogen) atoms. The highest BCUT2D eigenvalue weighted by atomic mass is 16.5. The Balaban J connectivity index is 1.44. The first-order chi connectivity index (χ1) is 11.8. The fourth-order valence-corrected chi connectivity index (χ4v) is 2.92. The van der Waals surface area contributed by atoms with Crippen molar-refractivity contribution >= 4 is 5.91 Å².